The van der Waals surface area contributed by atoms with Crippen molar-refractivity contribution >= 4 is 77.2 Å². The highest BCUT2D eigenvalue weighted by Gasteiger charge is 2.33. The average Bonchev–Trinajstić information content (AvgIpc) is 0.740. The molecule has 2 aliphatic carbocycles. The molecule has 0 radical (unpaired) electrons. The molecule has 0 saturated heterocycles. The van der Waals surface area contributed by atoms with Crippen molar-refractivity contribution < 1.29 is 0 Å². The molecular formula is C120H104N2. The molecule has 0 atom stereocenters. The standard InChI is InChI=1S/C120H104N2/c1-119(2,3)95-70-74-113(109(79-95)89-45-20-10-21-46-89)121(111-65-30-28-58-105(111)107-63-35-54-91-53-34-62-104(117(91)107)88-43-18-9-19-44-88)116-80-96(69-73-103(116)87-41-16-8-17-42-87)120(4,5)81-82-75-94-55-36-64-108(118(94)110(76-82)90-47-22-11-23-48-90)106-59-29-31-66-112(106)122(114-77-92(67-71-101(114)85-37-12-6-13-38-85)99-60-32-51-83-49-24-26-56-97(83)99)115-78-93(68-72-102(115)86-39-14-7-15-40-86)100-61-33-52-84-50-25-27-57-98(84)100/h6-8,10,12-17,20-21,24-42,45-46,49-80,88,90H,9,11,18-19,22-23,43-44,47-48,81H2,1-5H3. The summed E-state index contributed by atoms with van der Waals surface area (Å²) in [6.07, 6.45) is 13.1. The Balaban J connectivity index is 0.785. The molecule has 0 heterocycles. The Morgan fingerprint density at radius 2 is 0.598 bits per heavy atom. The second kappa shape index (κ2) is 33.3. The zero-order valence-electron chi connectivity index (χ0n) is 70.9. The lowest BCUT2D eigenvalue weighted by Gasteiger charge is -2.35. The van der Waals surface area contributed by atoms with Gasteiger partial charge >= 0.3 is 0 Å². The van der Waals surface area contributed by atoms with Crippen LogP contribution in [0.3, 0.4) is 0 Å². The number of anilines is 6. The predicted molar refractivity (Wildman–Crippen MR) is 523 cm³/mol. The topological polar surface area (TPSA) is 6.48 Å². The summed E-state index contributed by atoms with van der Waals surface area (Å²) in [5.74, 6) is 0.889. The van der Waals surface area contributed by atoms with E-state index in [4.69, 9.17) is 0 Å². The smallest absolute Gasteiger partial charge is 0.0546 e. The molecule has 2 fully saturated rings. The summed E-state index contributed by atoms with van der Waals surface area (Å²) in [6, 6.07) is 150. The number of hydrogen-bond donors (Lipinski definition) is 0. The lowest BCUT2D eigenvalue weighted by Crippen LogP contribution is -2.22. The van der Waals surface area contributed by atoms with Gasteiger partial charge in [-0.2, -0.15) is 0 Å². The van der Waals surface area contributed by atoms with Crippen LogP contribution in [0.1, 0.15) is 138 Å². The van der Waals surface area contributed by atoms with Crippen molar-refractivity contribution in [2.24, 2.45) is 0 Å². The Bertz CT molecular complexity index is 6690. The molecule has 594 valence electrons. The normalized spacial score (nSPS) is 13.6. The van der Waals surface area contributed by atoms with Gasteiger partial charge in [0.15, 0.2) is 0 Å². The second-order valence-corrected chi connectivity index (χ2v) is 36.0. The molecule has 0 unspecified atom stereocenters. The molecule has 2 aliphatic rings. The minimum atomic E-state index is -0.367. The maximum absolute atomic E-state index is 2.68. The molecular weight excluding hydrogens is 1470 g/mol. The molecule has 0 bridgehead atoms. The summed E-state index contributed by atoms with van der Waals surface area (Å²) in [5.41, 5.74) is 32.1. The molecule has 2 saturated carbocycles. The van der Waals surface area contributed by atoms with Crippen molar-refractivity contribution in [2.75, 3.05) is 9.80 Å². The van der Waals surface area contributed by atoms with Crippen molar-refractivity contribution in [3.63, 3.8) is 0 Å². The van der Waals surface area contributed by atoms with Crippen LogP contribution in [0, 0.1) is 0 Å². The Kier molecular flexibility index (Phi) is 21.1. The van der Waals surface area contributed by atoms with E-state index in [1.54, 1.807) is 0 Å². The highest BCUT2D eigenvalue weighted by molar-refractivity contribution is 6.10. The van der Waals surface area contributed by atoms with Crippen LogP contribution in [0.5, 0.6) is 0 Å². The van der Waals surface area contributed by atoms with Gasteiger partial charge < -0.3 is 9.80 Å². The highest BCUT2D eigenvalue weighted by atomic mass is 15.2. The average molecular weight is 1570 g/mol. The van der Waals surface area contributed by atoms with Crippen LogP contribution in [0.25, 0.3) is 132 Å². The zero-order valence-corrected chi connectivity index (χ0v) is 70.9. The van der Waals surface area contributed by atoms with E-state index >= 15 is 0 Å². The second-order valence-electron chi connectivity index (χ2n) is 36.0. The minimum absolute atomic E-state index is 0.102. The van der Waals surface area contributed by atoms with Crippen molar-refractivity contribution in [3.8, 4) is 89.0 Å². The molecule has 122 heavy (non-hydrogen) atoms. The monoisotopic (exact) mass is 1570 g/mol. The van der Waals surface area contributed by atoms with Crippen molar-refractivity contribution in [3.05, 3.63) is 422 Å². The first-order valence-electron chi connectivity index (χ1n) is 44.5. The minimum Gasteiger partial charge on any atom is -0.309 e. The lowest BCUT2D eigenvalue weighted by molar-refractivity contribution is 0.445. The first kappa shape index (κ1) is 77.2. The van der Waals surface area contributed by atoms with Gasteiger partial charge in [-0.25, -0.2) is 0 Å². The van der Waals surface area contributed by atoms with Crippen LogP contribution in [0.15, 0.2) is 394 Å². The summed E-state index contributed by atoms with van der Waals surface area (Å²) >= 11 is 0. The van der Waals surface area contributed by atoms with Crippen molar-refractivity contribution in [1.82, 2.24) is 0 Å². The van der Waals surface area contributed by atoms with Gasteiger partial charge in [-0.1, -0.05) is 425 Å². The third kappa shape index (κ3) is 15.0. The van der Waals surface area contributed by atoms with Crippen LogP contribution in [0.2, 0.25) is 0 Å². The quantitative estimate of drug-likeness (QED) is 0.0796. The van der Waals surface area contributed by atoms with Gasteiger partial charge in [-0.15, -0.1) is 0 Å². The Labute approximate surface area is 721 Å². The zero-order chi connectivity index (χ0) is 82.3. The SMILES string of the molecule is CC(C)(C)c1ccc(N(c2cc(C(C)(C)Cc3cc(C4CCCCC4)c4c(-c5ccccc5N(c5cc(-c6cccc7ccccc67)ccc5-c5ccccc5)c5cc(-c6cccc7ccccc67)ccc5-c5ccccc5)cccc4c3)ccc2-c2ccccc2)c2ccccc2-c2cccc3cccc(C4CCCCC4)c23)c(-c2ccccc2)c1. The molecule has 18 aromatic rings. The fourth-order valence-electron chi connectivity index (χ4n) is 20.6. The van der Waals surface area contributed by atoms with Crippen molar-refractivity contribution in [1.29, 1.82) is 0 Å². The number of para-hydroxylation sites is 2. The first-order chi connectivity index (χ1) is 59.9. The highest BCUT2D eigenvalue weighted by Crippen LogP contribution is 2.56. The van der Waals surface area contributed by atoms with E-state index in [1.807, 2.05) is 0 Å². The van der Waals surface area contributed by atoms with Gasteiger partial charge in [0.25, 0.3) is 0 Å². The molecule has 0 spiro atoms. The Hall–Kier alpha value is -13.4. The van der Waals surface area contributed by atoms with E-state index in [0.717, 1.165) is 86.8 Å². The number of benzene rings is 18. The van der Waals surface area contributed by atoms with Crippen LogP contribution < -0.4 is 9.80 Å². The number of nitrogens with zero attached hydrogens (tertiary/aromatic N) is 2. The molecule has 2 nitrogen and oxygen atoms in total. The predicted octanol–water partition coefficient (Wildman–Crippen LogP) is 34.5. The number of hydrogen-bond acceptors (Lipinski definition) is 2. The summed E-state index contributed by atoms with van der Waals surface area (Å²) in [6.45, 7) is 12.1. The van der Waals surface area contributed by atoms with E-state index in [1.165, 1.54) is 178 Å². The lowest BCUT2D eigenvalue weighted by atomic mass is 9.75. The van der Waals surface area contributed by atoms with Crippen LogP contribution in [0.4, 0.5) is 34.1 Å². The third-order valence-electron chi connectivity index (χ3n) is 26.8. The fraction of sp³-hybridized carbons (Fsp3) is 0.167. The molecule has 2 heteroatoms. The Morgan fingerprint density at radius 3 is 1.11 bits per heavy atom. The van der Waals surface area contributed by atoms with Gasteiger partial charge in [0, 0.05) is 33.4 Å². The maximum atomic E-state index is 2.68. The van der Waals surface area contributed by atoms with E-state index < -0.39 is 0 Å². The summed E-state index contributed by atoms with van der Waals surface area (Å²) < 4.78 is 0. The first-order valence-corrected chi connectivity index (χ1v) is 44.5. The summed E-state index contributed by atoms with van der Waals surface area (Å²) in [4.78, 5) is 5.32. The molecule has 0 amide bonds. The molecule has 0 N–H and O–H groups in total. The van der Waals surface area contributed by atoms with E-state index in [2.05, 4.69) is 439 Å². The van der Waals surface area contributed by atoms with E-state index in [-0.39, 0.29) is 10.8 Å². The molecule has 18 aromatic carbocycles. The largest absolute Gasteiger partial charge is 0.309 e. The number of fused-ring (bicyclic) bond motifs is 4. The van der Waals surface area contributed by atoms with Gasteiger partial charge in [-0.3, -0.25) is 0 Å². The van der Waals surface area contributed by atoms with E-state index in [9.17, 15) is 0 Å². The van der Waals surface area contributed by atoms with Gasteiger partial charge in [0.05, 0.1) is 34.1 Å². The maximum Gasteiger partial charge on any atom is 0.0546 e. The van der Waals surface area contributed by atoms with Gasteiger partial charge in [0.1, 0.15) is 0 Å². The molecule has 0 aliphatic heterocycles. The summed E-state index contributed by atoms with van der Waals surface area (Å²) in [5, 5.41) is 10.2. The van der Waals surface area contributed by atoms with E-state index in [0.29, 0.717) is 11.8 Å². The Morgan fingerprint density at radius 1 is 0.230 bits per heavy atom. The van der Waals surface area contributed by atoms with Gasteiger partial charge in [-0.05, 0) is 224 Å². The van der Waals surface area contributed by atoms with Gasteiger partial charge in [0.2, 0.25) is 0 Å². The molecule has 0 aromatic heterocycles. The third-order valence-corrected chi connectivity index (χ3v) is 26.8. The van der Waals surface area contributed by atoms with Crippen LogP contribution in [-0.4, -0.2) is 0 Å². The van der Waals surface area contributed by atoms with Crippen LogP contribution >= 0.6 is 0 Å². The number of rotatable bonds is 19. The van der Waals surface area contributed by atoms with Crippen molar-refractivity contribution in [2.45, 2.75) is 128 Å². The fourth-order valence-corrected chi connectivity index (χ4v) is 20.6. The molecule has 20 rings (SSSR count). The van der Waals surface area contributed by atoms with Crippen LogP contribution in [-0.2, 0) is 17.3 Å². The summed E-state index contributed by atoms with van der Waals surface area (Å²) in [7, 11) is 0.